The first-order valence-electron chi connectivity index (χ1n) is 8.43. The zero-order valence-corrected chi connectivity index (χ0v) is 17.1. The highest BCUT2D eigenvalue weighted by Crippen LogP contribution is 2.37. The van der Waals surface area contributed by atoms with Gasteiger partial charge in [0.25, 0.3) is 0 Å². The summed E-state index contributed by atoms with van der Waals surface area (Å²) in [4.78, 5) is 19.0. The molecule has 0 aliphatic heterocycles. The number of benzene rings is 2. The Hall–Kier alpha value is -1.68. The van der Waals surface area contributed by atoms with E-state index in [4.69, 9.17) is 20.8 Å². The van der Waals surface area contributed by atoms with Gasteiger partial charge in [-0.2, -0.15) is 0 Å². The van der Waals surface area contributed by atoms with Crippen LogP contribution in [0, 0.1) is 5.41 Å². The van der Waals surface area contributed by atoms with E-state index in [1.54, 1.807) is 13.0 Å². The second-order valence-electron chi connectivity index (χ2n) is 7.25. The topological polar surface area (TPSA) is 55.8 Å². The van der Waals surface area contributed by atoms with E-state index in [0.717, 1.165) is 22.0 Å². The average Bonchev–Trinajstić information content (AvgIpc) is 2.57. The van der Waals surface area contributed by atoms with E-state index < -0.39 is 19.3 Å². The average molecular weight is 397 g/mol. The molecule has 0 saturated heterocycles. The summed E-state index contributed by atoms with van der Waals surface area (Å²) >= 11 is 5.79. The van der Waals surface area contributed by atoms with Gasteiger partial charge in [0, 0.05) is 5.39 Å². The fraction of sp³-hybridized carbons (Fsp3) is 0.421. The van der Waals surface area contributed by atoms with Gasteiger partial charge < -0.3 is 9.57 Å². The van der Waals surface area contributed by atoms with Crippen LogP contribution in [0.15, 0.2) is 42.5 Å². The number of hydrogen-bond acceptors (Lipinski definition) is 4. The van der Waals surface area contributed by atoms with Crippen molar-refractivity contribution in [2.24, 2.45) is 5.41 Å². The van der Waals surface area contributed by atoms with Crippen molar-refractivity contribution >= 4 is 35.3 Å². The lowest BCUT2D eigenvalue weighted by Gasteiger charge is -2.20. The first kappa shape index (κ1) is 20.6. The molecule has 7 heteroatoms. The fourth-order valence-corrected chi connectivity index (χ4v) is 3.30. The number of carbonyl (C=O) groups excluding carboxylic acids is 1. The molecule has 2 rings (SSSR count). The van der Waals surface area contributed by atoms with Crippen LogP contribution in [-0.2, 0) is 14.1 Å². The molecule has 0 radical (unpaired) electrons. The van der Waals surface area contributed by atoms with Gasteiger partial charge in [0.15, 0.2) is 11.8 Å². The van der Waals surface area contributed by atoms with Crippen molar-refractivity contribution in [3.05, 3.63) is 42.5 Å². The predicted molar refractivity (Wildman–Crippen MR) is 104 cm³/mol. The third-order valence-electron chi connectivity index (χ3n) is 3.87. The van der Waals surface area contributed by atoms with E-state index in [1.807, 2.05) is 36.4 Å². The summed E-state index contributed by atoms with van der Waals surface area (Å²) in [6.45, 7) is 8.04. The van der Waals surface area contributed by atoms with Crippen LogP contribution >= 0.6 is 18.5 Å². The zero-order valence-electron chi connectivity index (χ0n) is 15.4. The highest BCUT2D eigenvalue weighted by atomic mass is 35.7. The number of fused-ring (bicyclic) bond motifs is 1. The van der Waals surface area contributed by atoms with Crippen LogP contribution in [0.4, 0.5) is 0 Å². The molecule has 0 N–H and O–H groups in total. The van der Waals surface area contributed by atoms with Crippen LogP contribution < -0.4 is 4.84 Å². The van der Waals surface area contributed by atoms with Crippen LogP contribution in [0.5, 0.6) is 5.75 Å². The molecular formula is C19H24ClNO4P+. The molecule has 0 aliphatic rings. The second-order valence-corrected chi connectivity index (χ2v) is 8.97. The summed E-state index contributed by atoms with van der Waals surface area (Å²) in [5.74, 6) is -0.0556. The van der Waals surface area contributed by atoms with Crippen LogP contribution in [0.3, 0.4) is 0 Å². The van der Waals surface area contributed by atoms with Crippen molar-refractivity contribution in [1.29, 1.82) is 0 Å². The fourth-order valence-electron chi connectivity index (χ4n) is 2.29. The lowest BCUT2D eigenvalue weighted by atomic mass is 9.93. The molecule has 0 bridgehead atoms. The SMILES string of the molecule is C[C@@H](C(=O)OCCC(C)(C)C)N(Oc1cccc2ccccc12)[P+](=O)Cl. The highest BCUT2D eigenvalue weighted by Gasteiger charge is 2.40. The molecule has 140 valence electrons. The molecule has 0 amide bonds. The summed E-state index contributed by atoms with van der Waals surface area (Å²) in [7, 11) is -2.42. The van der Waals surface area contributed by atoms with E-state index in [2.05, 4.69) is 20.8 Å². The number of carbonyl (C=O) groups is 1. The van der Waals surface area contributed by atoms with E-state index in [1.165, 1.54) is 0 Å². The summed E-state index contributed by atoms with van der Waals surface area (Å²) in [6.07, 6.45) is 0.725. The molecule has 0 fully saturated rings. The van der Waals surface area contributed by atoms with Gasteiger partial charge in [0.05, 0.1) is 6.61 Å². The third-order valence-corrected chi connectivity index (χ3v) is 5.05. The molecule has 0 aliphatic carbocycles. The maximum Gasteiger partial charge on any atom is 0.593 e. The Balaban J connectivity index is 2.12. The number of ether oxygens (including phenoxy) is 1. The summed E-state index contributed by atoms with van der Waals surface area (Å²) in [5, 5.41) is 1.80. The largest absolute Gasteiger partial charge is 0.593 e. The monoisotopic (exact) mass is 396 g/mol. The van der Waals surface area contributed by atoms with Crippen LogP contribution in [0.25, 0.3) is 10.8 Å². The minimum absolute atomic E-state index is 0.0559. The molecule has 0 heterocycles. The molecule has 2 atom stereocenters. The molecule has 0 saturated carbocycles. The van der Waals surface area contributed by atoms with Gasteiger partial charge in [-0.15, -0.1) is 0 Å². The number of hydroxylamine groups is 1. The molecular weight excluding hydrogens is 373 g/mol. The summed E-state index contributed by atoms with van der Waals surface area (Å²) in [6, 6.07) is 12.2. The summed E-state index contributed by atoms with van der Waals surface area (Å²) < 4.78 is 17.3. The minimum Gasteiger partial charge on any atom is -0.464 e. The zero-order chi connectivity index (χ0) is 19.3. The third kappa shape index (κ3) is 5.66. The molecule has 26 heavy (non-hydrogen) atoms. The van der Waals surface area contributed by atoms with Crippen molar-refractivity contribution < 1.29 is 18.9 Å². The molecule has 5 nitrogen and oxygen atoms in total. The van der Waals surface area contributed by atoms with Gasteiger partial charge >= 0.3 is 13.3 Å². The lowest BCUT2D eigenvalue weighted by Crippen LogP contribution is -2.37. The first-order chi connectivity index (χ1) is 12.2. The minimum atomic E-state index is -2.42. The number of nitrogens with zero attached hydrogens (tertiary/aromatic N) is 1. The Bertz CT molecular complexity index is 785. The standard InChI is InChI=1S/C19H24ClNO4P/c1-14(18(22)24-13-12-19(2,3)4)21(26(20)23)25-17-11-7-9-15-8-5-6-10-16(15)17/h5-11,14H,12-13H2,1-4H3/q+1/t14-/m0/s1. The van der Waals surface area contributed by atoms with Gasteiger partial charge in [-0.25, -0.2) is 0 Å². The van der Waals surface area contributed by atoms with Crippen LogP contribution in [-0.4, -0.2) is 23.5 Å². The van der Waals surface area contributed by atoms with E-state index >= 15 is 0 Å². The van der Waals surface area contributed by atoms with Gasteiger partial charge in [-0.3, -0.25) is 4.79 Å². The van der Waals surface area contributed by atoms with Crippen LogP contribution in [0.2, 0.25) is 0 Å². The number of halogens is 1. The highest BCUT2D eigenvalue weighted by molar-refractivity contribution is 7.71. The molecule has 0 aromatic heterocycles. The van der Waals surface area contributed by atoms with E-state index in [0.29, 0.717) is 5.75 Å². The van der Waals surface area contributed by atoms with E-state index in [9.17, 15) is 9.36 Å². The predicted octanol–water partition coefficient (Wildman–Crippen LogP) is 5.70. The van der Waals surface area contributed by atoms with Gasteiger partial charge in [-0.1, -0.05) is 57.2 Å². The lowest BCUT2D eigenvalue weighted by molar-refractivity contribution is -0.154. The van der Waals surface area contributed by atoms with Crippen molar-refractivity contribution in [3.8, 4) is 5.75 Å². The normalized spacial score (nSPS) is 13.5. The maximum absolute atomic E-state index is 12.3. The first-order valence-corrected chi connectivity index (χ1v) is 10.6. The quantitative estimate of drug-likeness (QED) is 0.341. The van der Waals surface area contributed by atoms with Crippen molar-refractivity contribution in [2.45, 2.75) is 40.2 Å². The molecule has 0 spiro atoms. The van der Waals surface area contributed by atoms with Gasteiger partial charge in [-0.05, 0) is 34.8 Å². The Kier molecular flexibility index (Phi) is 6.99. The number of rotatable bonds is 7. The molecule has 2 aromatic carbocycles. The maximum atomic E-state index is 12.3. The van der Waals surface area contributed by atoms with Crippen molar-refractivity contribution in [2.75, 3.05) is 6.61 Å². The Labute approximate surface area is 159 Å². The number of esters is 1. The molecule has 1 unspecified atom stereocenters. The second kappa shape index (κ2) is 8.81. The molecule has 2 aromatic rings. The van der Waals surface area contributed by atoms with Crippen molar-refractivity contribution in [3.63, 3.8) is 0 Å². The Morgan fingerprint density at radius 3 is 2.50 bits per heavy atom. The van der Waals surface area contributed by atoms with Crippen LogP contribution in [0.1, 0.15) is 34.1 Å². The Morgan fingerprint density at radius 1 is 1.19 bits per heavy atom. The Morgan fingerprint density at radius 2 is 1.85 bits per heavy atom. The summed E-state index contributed by atoms with van der Waals surface area (Å²) in [5.41, 5.74) is 0.0559. The number of hydrogen-bond donors (Lipinski definition) is 0. The van der Waals surface area contributed by atoms with Gasteiger partial charge in [0.2, 0.25) is 11.2 Å². The van der Waals surface area contributed by atoms with E-state index in [-0.39, 0.29) is 12.0 Å². The van der Waals surface area contributed by atoms with Gasteiger partial charge in [0.1, 0.15) is 4.83 Å². The smallest absolute Gasteiger partial charge is 0.464 e. The van der Waals surface area contributed by atoms with Crippen molar-refractivity contribution in [1.82, 2.24) is 4.83 Å².